The van der Waals surface area contributed by atoms with Crippen molar-refractivity contribution < 1.29 is 8.83 Å². The van der Waals surface area contributed by atoms with Gasteiger partial charge < -0.3 is 8.83 Å². The Hall–Kier alpha value is -6.64. The van der Waals surface area contributed by atoms with Crippen molar-refractivity contribution >= 4 is 97.7 Å². The zero-order chi connectivity index (χ0) is 32.5. The summed E-state index contributed by atoms with van der Waals surface area (Å²) in [5, 5.41) is 17.0. The lowest BCUT2D eigenvalue weighted by Gasteiger charge is -2.16. The number of benzene rings is 10. The Bertz CT molecular complexity index is 3150. The van der Waals surface area contributed by atoms with Crippen molar-refractivity contribution in [3.05, 3.63) is 158 Å². The molecular weight excluding hydrogens is 609 g/mol. The Kier molecular flexibility index (Phi) is 5.00. The Morgan fingerprint density at radius 2 is 0.660 bits per heavy atom. The average molecular weight is 635 g/mol. The van der Waals surface area contributed by atoms with E-state index in [1.807, 2.05) is 0 Å². The van der Waals surface area contributed by atoms with Gasteiger partial charge in [0.25, 0.3) is 0 Å². The van der Waals surface area contributed by atoms with E-state index in [9.17, 15) is 0 Å². The summed E-state index contributed by atoms with van der Waals surface area (Å²) >= 11 is 0. The number of hydrogen-bond acceptors (Lipinski definition) is 2. The Morgan fingerprint density at radius 3 is 1.16 bits per heavy atom. The first-order valence-electron chi connectivity index (χ1n) is 17.2. The van der Waals surface area contributed by atoms with Crippen LogP contribution in [0.15, 0.2) is 167 Å². The predicted octanol–water partition coefficient (Wildman–Crippen LogP) is 14.0. The van der Waals surface area contributed by atoms with Gasteiger partial charge in [-0.1, -0.05) is 146 Å². The number of hydrogen-bond donors (Lipinski definition) is 0. The van der Waals surface area contributed by atoms with Crippen LogP contribution in [0.4, 0.5) is 0 Å². The molecule has 10 aromatic carbocycles. The van der Waals surface area contributed by atoms with Gasteiger partial charge in [-0.3, -0.25) is 0 Å². The second-order valence-corrected chi connectivity index (χ2v) is 13.5. The molecule has 2 nitrogen and oxygen atoms in total. The number of furan rings is 2. The first-order chi connectivity index (χ1) is 24.8. The molecule has 0 aliphatic carbocycles. The monoisotopic (exact) mass is 634 g/mol. The molecule has 0 fully saturated rings. The molecule has 0 amide bonds. The highest BCUT2D eigenvalue weighted by atomic mass is 16.3. The van der Waals surface area contributed by atoms with Crippen molar-refractivity contribution in [1.29, 1.82) is 0 Å². The quantitative estimate of drug-likeness (QED) is 0.177. The summed E-state index contributed by atoms with van der Waals surface area (Å²) in [6.45, 7) is 0. The van der Waals surface area contributed by atoms with Gasteiger partial charge in [-0.25, -0.2) is 0 Å². The smallest absolute Gasteiger partial charge is 0.143 e. The normalized spacial score (nSPS) is 12.4. The third kappa shape index (κ3) is 3.37. The maximum Gasteiger partial charge on any atom is 0.143 e. The number of para-hydroxylation sites is 2. The van der Waals surface area contributed by atoms with E-state index in [0.717, 1.165) is 44.2 Å². The summed E-state index contributed by atoms with van der Waals surface area (Å²) in [7, 11) is 0. The summed E-state index contributed by atoms with van der Waals surface area (Å²) in [5.41, 5.74) is 8.27. The SMILES string of the molecule is c1ccc2c(c1)ccc1oc3c(-c4ccc5ccc6c(-c7cccc8c7oc7ccc9ccccc9c78)ccc7ccc4c5c76)cccc3c12. The molecular formula is C48H26O2. The van der Waals surface area contributed by atoms with Gasteiger partial charge in [-0.05, 0) is 77.1 Å². The third-order valence-corrected chi connectivity index (χ3v) is 11.0. The molecule has 0 N–H and O–H groups in total. The van der Waals surface area contributed by atoms with Gasteiger partial charge in [-0.15, -0.1) is 0 Å². The van der Waals surface area contributed by atoms with Crippen molar-refractivity contribution in [3.63, 3.8) is 0 Å². The van der Waals surface area contributed by atoms with Gasteiger partial charge in [0.1, 0.15) is 22.3 Å². The minimum Gasteiger partial charge on any atom is -0.455 e. The van der Waals surface area contributed by atoms with Crippen LogP contribution < -0.4 is 0 Å². The molecule has 0 aliphatic rings. The molecule has 0 bridgehead atoms. The van der Waals surface area contributed by atoms with E-state index < -0.39 is 0 Å². The summed E-state index contributed by atoms with van der Waals surface area (Å²) < 4.78 is 13.4. The van der Waals surface area contributed by atoms with E-state index >= 15 is 0 Å². The van der Waals surface area contributed by atoms with Gasteiger partial charge in [0.05, 0.1) is 0 Å². The molecule has 2 aromatic heterocycles. The summed E-state index contributed by atoms with van der Waals surface area (Å²) in [4.78, 5) is 0. The van der Waals surface area contributed by atoms with Crippen molar-refractivity contribution in [1.82, 2.24) is 0 Å². The van der Waals surface area contributed by atoms with Crippen molar-refractivity contribution in [2.75, 3.05) is 0 Å². The van der Waals surface area contributed by atoms with Crippen molar-refractivity contribution in [3.8, 4) is 22.3 Å². The van der Waals surface area contributed by atoms with E-state index in [0.29, 0.717) is 0 Å². The minimum atomic E-state index is 0.918. The first-order valence-corrected chi connectivity index (χ1v) is 17.2. The molecule has 0 spiro atoms. The molecule has 0 aliphatic heterocycles. The Labute approximate surface area is 285 Å². The third-order valence-electron chi connectivity index (χ3n) is 11.0. The van der Waals surface area contributed by atoms with Crippen LogP contribution in [-0.2, 0) is 0 Å². The summed E-state index contributed by atoms with van der Waals surface area (Å²) in [6.07, 6.45) is 0. The molecule has 2 heterocycles. The number of fused-ring (bicyclic) bond motifs is 10. The molecule has 0 saturated carbocycles. The average Bonchev–Trinajstić information content (AvgIpc) is 3.76. The van der Waals surface area contributed by atoms with Crippen molar-refractivity contribution in [2.24, 2.45) is 0 Å². The zero-order valence-corrected chi connectivity index (χ0v) is 26.8. The molecule has 12 aromatic rings. The molecule has 230 valence electrons. The fourth-order valence-electron chi connectivity index (χ4n) is 8.83. The fourth-order valence-corrected chi connectivity index (χ4v) is 8.83. The summed E-state index contributed by atoms with van der Waals surface area (Å²) in [6, 6.07) is 57.0. The topological polar surface area (TPSA) is 26.3 Å². The van der Waals surface area contributed by atoms with Crippen LogP contribution in [0.3, 0.4) is 0 Å². The molecule has 0 saturated heterocycles. The van der Waals surface area contributed by atoms with E-state index in [-0.39, 0.29) is 0 Å². The van der Waals surface area contributed by atoms with E-state index in [4.69, 9.17) is 8.83 Å². The second-order valence-electron chi connectivity index (χ2n) is 13.5. The highest BCUT2D eigenvalue weighted by molar-refractivity contribution is 6.30. The van der Waals surface area contributed by atoms with E-state index in [2.05, 4.69) is 158 Å². The highest BCUT2D eigenvalue weighted by Gasteiger charge is 2.21. The molecule has 12 rings (SSSR count). The van der Waals surface area contributed by atoms with Gasteiger partial charge in [-0.2, -0.15) is 0 Å². The fraction of sp³-hybridized carbons (Fsp3) is 0. The molecule has 0 unspecified atom stereocenters. The molecule has 0 atom stereocenters. The van der Waals surface area contributed by atoms with E-state index in [1.54, 1.807) is 0 Å². The molecule has 50 heavy (non-hydrogen) atoms. The minimum absolute atomic E-state index is 0.918. The lowest BCUT2D eigenvalue weighted by Crippen LogP contribution is -1.90. The van der Waals surface area contributed by atoms with Gasteiger partial charge in [0.15, 0.2) is 0 Å². The summed E-state index contributed by atoms with van der Waals surface area (Å²) in [5.74, 6) is 0. The predicted molar refractivity (Wildman–Crippen MR) is 211 cm³/mol. The van der Waals surface area contributed by atoms with Crippen LogP contribution in [-0.4, -0.2) is 0 Å². The van der Waals surface area contributed by atoms with E-state index in [1.165, 1.54) is 75.8 Å². The highest BCUT2D eigenvalue weighted by Crippen LogP contribution is 2.47. The standard InChI is InChI=1S/C48H26O2/c1-3-9-31-27(7-1)19-25-41-45(31)39-13-5-11-37(47(39)49-41)33-21-15-29-18-24-36-34(22-16-30-17-23-35(33)43(29)44(30)36)38-12-6-14-40-46-32-10-4-2-8-28(32)20-26-42(46)50-48(38)40/h1-26H. The maximum absolute atomic E-state index is 6.70. The number of rotatable bonds is 2. The first kappa shape index (κ1) is 26.3. The van der Waals surface area contributed by atoms with Gasteiger partial charge >= 0.3 is 0 Å². The Morgan fingerprint density at radius 1 is 0.240 bits per heavy atom. The van der Waals surface area contributed by atoms with Crippen LogP contribution >= 0.6 is 0 Å². The largest absolute Gasteiger partial charge is 0.455 e. The van der Waals surface area contributed by atoms with Gasteiger partial charge in [0, 0.05) is 32.7 Å². The Balaban J connectivity index is 1.13. The lowest BCUT2D eigenvalue weighted by atomic mass is 9.86. The molecule has 2 heteroatoms. The van der Waals surface area contributed by atoms with Gasteiger partial charge in [0.2, 0.25) is 0 Å². The maximum atomic E-state index is 6.70. The zero-order valence-electron chi connectivity index (χ0n) is 26.8. The van der Waals surface area contributed by atoms with Crippen LogP contribution in [0.25, 0.3) is 120 Å². The molecule has 0 radical (unpaired) electrons. The lowest BCUT2D eigenvalue weighted by molar-refractivity contribution is 0.670. The van der Waals surface area contributed by atoms with Crippen LogP contribution in [0.1, 0.15) is 0 Å². The van der Waals surface area contributed by atoms with Crippen LogP contribution in [0.5, 0.6) is 0 Å². The van der Waals surface area contributed by atoms with Crippen LogP contribution in [0.2, 0.25) is 0 Å². The second kappa shape index (κ2) is 9.49. The van der Waals surface area contributed by atoms with Crippen molar-refractivity contribution in [2.45, 2.75) is 0 Å². The van der Waals surface area contributed by atoms with Crippen LogP contribution in [0, 0.1) is 0 Å².